The van der Waals surface area contributed by atoms with E-state index in [0.717, 1.165) is 11.1 Å². The number of esters is 1. The van der Waals surface area contributed by atoms with Crippen LogP contribution in [0.3, 0.4) is 0 Å². The van der Waals surface area contributed by atoms with E-state index >= 15 is 0 Å². The van der Waals surface area contributed by atoms with Crippen molar-refractivity contribution in [3.05, 3.63) is 71.7 Å². The number of rotatable bonds is 10. The molecule has 37 heavy (non-hydrogen) atoms. The summed E-state index contributed by atoms with van der Waals surface area (Å²) in [5.41, 5.74) is 1.88. The summed E-state index contributed by atoms with van der Waals surface area (Å²) in [6.45, 7) is 8.85. The Kier molecular flexibility index (Phi) is 9.24. The number of amides is 1. The lowest BCUT2D eigenvalue weighted by Crippen LogP contribution is -2.53. The number of nitrogens with zero attached hydrogens (tertiary/aromatic N) is 1. The lowest BCUT2D eigenvalue weighted by atomic mass is 9.95. The van der Waals surface area contributed by atoms with Gasteiger partial charge < -0.3 is 19.3 Å². The minimum absolute atomic E-state index is 0.175. The van der Waals surface area contributed by atoms with E-state index in [4.69, 9.17) is 14.0 Å². The summed E-state index contributed by atoms with van der Waals surface area (Å²) < 4.78 is 30.5. The maximum Gasteiger partial charge on any atom is 0.410 e. The van der Waals surface area contributed by atoms with Crippen LogP contribution in [0.1, 0.15) is 51.8 Å². The Balaban J connectivity index is 1.71. The molecule has 2 atom stereocenters. The second-order valence-corrected chi connectivity index (χ2v) is 9.35. The molecule has 0 fully saturated rings. The van der Waals surface area contributed by atoms with Gasteiger partial charge in [-0.1, -0.05) is 54.5 Å². The highest BCUT2D eigenvalue weighted by Gasteiger charge is 2.22. The molecule has 0 aliphatic heterocycles. The minimum atomic E-state index is -0.932. The van der Waals surface area contributed by atoms with Gasteiger partial charge in [0.05, 0.1) is 18.8 Å². The van der Waals surface area contributed by atoms with Crippen LogP contribution in [-0.4, -0.2) is 42.3 Å². The molecule has 1 heterocycles. The fourth-order valence-electron chi connectivity index (χ4n) is 3.49. The van der Waals surface area contributed by atoms with Gasteiger partial charge in [-0.05, 0) is 44.9 Å². The van der Waals surface area contributed by atoms with Gasteiger partial charge >= 0.3 is 12.1 Å². The molecule has 10 heteroatoms. The van der Waals surface area contributed by atoms with Gasteiger partial charge in [-0.2, -0.15) is 0 Å². The van der Waals surface area contributed by atoms with Crippen molar-refractivity contribution in [3.63, 3.8) is 0 Å². The summed E-state index contributed by atoms with van der Waals surface area (Å²) >= 11 is 0. The molecular formula is C27H33FN4O5. The number of nitrogens with one attached hydrogen (secondary N) is 3. The van der Waals surface area contributed by atoms with Crippen LogP contribution in [0.5, 0.6) is 0 Å². The maximum absolute atomic E-state index is 14.9. The molecule has 1 aromatic heterocycles. The average Bonchev–Trinajstić information content (AvgIpc) is 3.30. The highest BCUT2D eigenvalue weighted by Crippen LogP contribution is 2.30. The van der Waals surface area contributed by atoms with Crippen LogP contribution < -0.4 is 16.0 Å². The molecule has 0 bridgehead atoms. The highest BCUT2D eigenvalue weighted by molar-refractivity contribution is 5.72. The average molecular weight is 513 g/mol. The van der Waals surface area contributed by atoms with Crippen LogP contribution in [0.4, 0.5) is 15.1 Å². The minimum Gasteiger partial charge on any atom is -0.465 e. The molecule has 3 N–H and O–H groups in total. The molecule has 3 rings (SSSR count). The van der Waals surface area contributed by atoms with Crippen LogP contribution >= 0.6 is 0 Å². The smallest absolute Gasteiger partial charge is 0.410 e. The second-order valence-electron chi connectivity index (χ2n) is 9.35. The van der Waals surface area contributed by atoms with E-state index in [9.17, 15) is 14.0 Å². The van der Waals surface area contributed by atoms with E-state index in [-0.39, 0.29) is 30.8 Å². The summed E-state index contributed by atoms with van der Waals surface area (Å²) in [7, 11) is 0. The molecule has 3 aromatic rings. The quantitative estimate of drug-likeness (QED) is 0.257. The number of carbonyl (C=O) groups excluding carboxylic acids is 2. The van der Waals surface area contributed by atoms with Gasteiger partial charge in [-0.15, -0.1) is 0 Å². The molecule has 2 unspecified atom stereocenters. The molecule has 198 valence electrons. The number of benzene rings is 2. The van der Waals surface area contributed by atoms with Crippen molar-refractivity contribution in [1.29, 1.82) is 0 Å². The molecule has 0 spiro atoms. The van der Waals surface area contributed by atoms with Gasteiger partial charge in [0.2, 0.25) is 5.88 Å². The first-order valence-electron chi connectivity index (χ1n) is 12.0. The third kappa shape index (κ3) is 8.32. The van der Waals surface area contributed by atoms with Crippen molar-refractivity contribution < 1.29 is 28.0 Å². The van der Waals surface area contributed by atoms with Gasteiger partial charge in [0.15, 0.2) is 6.29 Å². The van der Waals surface area contributed by atoms with E-state index in [1.165, 1.54) is 6.07 Å². The number of halogens is 1. The van der Waals surface area contributed by atoms with Crippen LogP contribution in [0, 0.1) is 5.82 Å². The molecular weight excluding hydrogens is 479 g/mol. The third-order valence-corrected chi connectivity index (χ3v) is 5.25. The summed E-state index contributed by atoms with van der Waals surface area (Å²) in [5.74, 6) is -0.876. The molecule has 1 amide bonds. The monoisotopic (exact) mass is 512 g/mol. The maximum atomic E-state index is 14.9. The van der Waals surface area contributed by atoms with E-state index in [1.54, 1.807) is 39.8 Å². The highest BCUT2D eigenvalue weighted by atomic mass is 19.1. The van der Waals surface area contributed by atoms with Crippen molar-refractivity contribution in [2.75, 3.05) is 18.5 Å². The van der Waals surface area contributed by atoms with Crippen molar-refractivity contribution in [2.24, 2.45) is 0 Å². The summed E-state index contributed by atoms with van der Waals surface area (Å²) in [6.07, 6.45) is -1.64. The number of carbonyl (C=O) groups is 2. The number of alkyl carbamates (subject to hydrolysis) is 1. The van der Waals surface area contributed by atoms with Gasteiger partial charge in [-0.3, -0.25) is 15.4 Å². The molecule has 0 saturated heterocycles. The number of hydrogen-bond acceptors (Lipinski definition) is 8. The molecule has 9 nitrogen and oxygen atoms in total. The Hall–Kier alpha value is -3.92. The lowest BCUT2D eigenvalue weighted by Gasteiger charge is -2.24. The first-order valence-corrected chi connectivity index (χ1v) is 12.0. The van der Waals surface area contributed by atoms with Crippen LogP contribution in [0.25, 0.3) is 11.1 Å². The zero-order valence-electron chi connectivity index (χ0n) is 21.6. The largest absolute Gasteiger partial charge is 0.465 e. The van der Waals surface area contributed by atoms with Crippen molar-refractivity contribution in [1.82, 2.24) is 15.8 Å². The standard InChI is InChI=1S/C27H33FN4O5/c1-6-35-24(33)16-29-25(31-26(34)36-27(3,4)5)30-23-15-22(32-37-23)17(2)19-12-13-20(21(28)14-19)18-10-8-7-9-11-18/h7-15,17,25,29-30H,6,16H2,1-5H3,(H,31,34). The molecule has 0 aliphatic carbocycles. The number of ether oxygens (including phenoxy) is 2. The lowest BCUT2D eigenvalue weighted by molar-refractivity contribution is -0.142. The molecule has 0 saturated carbocycles. The first kappa shape index (κ1) is 27.7. The first-order chi connectivity index (χ1) is 17.6. The van der Waals surface area contributed by atoms with Gasteiger partial charge in [0, 0.05) is 17.5 Å². The number of anilines is 1. The number of aromatic nitrogens is 1. The zero-order chi connectivity index (χ0) is 27.0. The zero-order valence-corrected chi connectivity index (χ0v) is 21.6. The topological polar surface area (TPSA) is 115 Å². The molecule has 0 radical (unpaired) electrons. The Morgan fingerprint density at radius 3 is 2.49 bits per heavy atom. The SMILES string of the molecule is CCOC(=O)CNC(NC(=O)OC(C)(C)C)Nc1cc(C(C)c2ccc(-c3ccccc3)c(F)c2)no1. The predicted molar refractivity (Wildman–Crippen MR) is 137 cm³/mol. The van der Waals surface area contributed by atoms with E-state index in [1.807, 2.05) is 43.3 Å². The van der Waals surface area contributed by atoms with Crippen LogP contribution in [0.15, 0.2) is 59.1 Å². The van der Waals surface area contributed by atoms with Crippen molar-refractivity contribution >= 4 is 17.9 Å². The fraction of sp³-hybridized carbons (Fsp3) is 0.370. The Labute approximate surface area is 215 Å². The second kappa shape index (κ2) is 12.4. The van der Waals surface area contributed by atoms with E-state index in [0.29, 0.717) is 11.3 Å². The summed E-state index contributed by atoms with van der Waals surface area (Å²) in [4.78, 5) is 24.1. The molecule has 2 aromatic carbocycles. The van der Waals surface area contributed by atoms with Gasteiger partial charge in [0.1, 0.15) is 11.4 Å². The summed E-state index contributed by atoms with van der Waals surface area (Å²) in [5, 5.41) is 12.4. The van der Waals surface area contributed by atoms with Crippen LogP contribution in [0.2, 0.25) is 0 Å². The van der Waals surface area contributed by atoms with Gasteiger partial charge in [0.25, 0.3) is 0 Å². The Bertz CT molecular complexity index is 1190. The molecule has 0 aliphatic rings. The fourth-order valence-corrected chi connectivity index (χ4v) is 3.49. The number of hydrogen-bond donors (Lipinski definition) is 3. The third-order valence-electron chi connectivity index (χ3n) is 5.25. The van der Waals surface area contributed by atoms with Crippen molar-refractivity contribution in [3.8, 4) is 11.1 Å². The summed E-state index contributed by atoms with van der Waals surface area (Å²) in [6, 6.07) is 16.1. The van der Waals surface area contributed by atoms with Gasteiger partial charge in [-0.25, -0.2) is 9.18 Å². The van der Waals surface area contributed by atoms with E-state index in [2.05, 4.69) is 21.1 Å². The van der Waals surface area contributed by atoms with Crippen molar-refractivity contribution in [2.45, 2.75) is 52.4 Å². The normalized spacial score (nSPS) is 12.9. The Morgan fingerprint density at radius 2 is 1.84 bits per heavy atom. The van der Waals surface area contributed by atoms with E-state index < -0.39 is 24.0 Å². The van der Waals surface area contributed by atoms with Crippen LogP contribution in [-0.2, 0) is 14.3 Å². The Morgan fingerprint density at radius 1 is 1.11 bits per heavy atom. The predicted octanol–water partition coefficient (Wildman–Crippen LogP) is 5.01.